The Morgan fingerprint density at radius 2 is 1.89 bits per heavy atom. The Morgan fingerprint density at radius 3 is 2.28 bits per heavy atom. The van der Waals surface area contributed by atoms with Gasteiger partial charge in [0, 0.05) is 6.42 Å². The van der Waals surface area contributed by atoms with Gasteiger partial charge in [0.2, 0.25) is 23.6 Å². The summed E-state index contributed by atoms with van der Waals surface area (Å²) in [6.45, 7) is 5.47. The van der Waals surface area contributed by atoms with E-state index in [9.17, 15) is 19.2 Å². The van der Waals surface area contributed by atoms with Gasteiger partial charge in [-0.05, 0) is 12.8 Å². The van der Waals surface area contributed by atoms with Gasteiger partial charge in [0.1, 0.15) is 6.04 Å². The monoisotopic (exact) mass is 252 g/mol. The number of likely N-dealkylation sites (tertiary alicyclic amines) is 1. The highest BCUT2D eigenvalue weighted by Gasteiger charge is 2.54. The van der Waals surface area contributed by atoms with Crippen LogP contribution in [-0.2, 0) is 19.2 Å². The highest BCUT2D eigenvalue weighted by molar-refractivity contribution is 6.13. The SMILES string of the molecule is CC(C)C1(C)CC(=O)N(C2CC(=O)NC2=O)C1=O. The highest BCUT2D eigenvalue weighted by Crippen LogP contribution is 2.40. The molecule has 0 radical (unpaired) electrons. The van der Waals surface area contributed by atoms with Gasteiger partial charge in [-0.1, -0.05) is 13.8 Å². The number of carbonyl (C=O) groups is 4. The van der Waals surface area contributed by atoms with Gasteiger partial charge < -0.3 is 0 Å². The fourth-order valence-electron chi connectivity index (χ4n) is 2.38. The van der Waals surface area contributed by atoms with Crippen LogP contribution in [0.4, 0.5) is 0 Å². The Kier molecular flexibility index (Phi) is 2.76. The molecular weight excluding hydrogens is 236 g/mol. The quantitative estimate of drug-likeness (QED) is 0.691. The summed E-state index contributed by atoms with van der Waals surface area (Å²) in [6.07, 6.45) is -0.0219. The zero-order valence-corrected chi connectivity index (χ0v) is 10.6. The largest absolute Gasteiger partial charge is 0.295 e. The van der Waals surface area contributed by atoms with Crippen molar-refractivity contribution in [3.8, 4) is 0 Å². The molecule has 0 aromatic carbocycles. The maximum absolute atomic E-state index is 12.3. The molecule has 2 unspecified atom stereocenters. The topological polar surface area (TPSA) is 83.6 Å². The molecule has 0 aromatic rings. The molecule has 2 fully saturated rings. The van der Waals surface area contributed by atoms with E-state index in [1.54, 1.807) is 6.92 Å². The molecular formula is C12H16N2O4. The Bertz CT molecular complexity index is 457. The van der Waals surface area contributed by atoms with Crippen molar-refractivity contribution in [1.29, 1.82) is 0 Å². The number of nitrogens with one attached hydrogen (secondary N) is 1. The Morgan fingerprint density at radius 1 is 1.28 bits per heavy atom. The molecule has 2 aliphatic heterocycles. The Hall–Kier alpha value is -1.72. The minimum Gasteiger partial charge on any atom is -0.295 e. The third-order valence-corrected chi connectivity index (χ3v) is 4.02. The van der Waals surface area contributed by atoms with Crippen molar-refractivity contribution in [2.45, 2.75) is 39.7 Å². The van der Waals surface area contributed by atoms with Gasteiger partial charge >= 0.3 is 0 Å². The van der Waals surface area contributed by atoms with Gasteiger partial charge in [0.25, 0.3) is 0 Å². The number of imide groups is 2. The average Bonchev–Trinajstić information content (AvgIpc) is 2.67. The van der Waals surface area contributed by atoms with Gasteiger partial charge in [-0.25, -0.2) is 0 Å². The van der Waals surface area contributed by atoms with Crippen molar-refractivity contribution in [3.05, 3.63) is 0 Å². The second-order valence-corrected chi connectivity index (χ2v) is 5.45. The van der Waals surface area contributed by atoms with Crippen molar-refractivity contribution >= 4 is 23.6 Å². The number of nitrogens with zero attached hydrogens (tertiary/aromatic N) is 1. The van der Waals surface area contributed by atoms with E-state index in [2.05, 4.69) is 5.32 Å². The van der Waals surface area contributed by atoms with Crippen LogP contribution in [0.2, 0.25) is 0 Å². The van der Waals surface area contributed by atoms with Crippen molar-refractivity contribution in [2.75, 3.05) is 0 Å². The highest BCUT2D eigenvalue weighted by atomic mass is 16.2. The van der Waals surface area contributed by atoms with Crippen LogP contribution in [0.1, 0.15) is 33.6 Å². The lowest BCUT2D eigenvalue weighted by Gasteiger charge is -2.27. The smallest absolute Gasteiger partial charge is 0.250 e. The maximum atomic E-state index is 12.3. The van der Waals surface area contributed by atoms with Crippen LogP contribution in [-0.4, -0.2) is 34.6 Å². The number of amides is 4. The summed E-state index contributed by atoms with van der Waals surface area (Å²) in [5.74, 6) is -1.72. The zero-order valence-electron chi connectivity index (χ0n) is 10.6. The molecule has 0 saturated carbocycles. The molecule has 2 rings (SSSR count). The molecule has 6 nitrogen and oxygen atoms in total. The Labute approximate surface area is 105 Å². The first kappa shape index (κ1) is 12.7. The van der Waals surface area contributed by atoms with Gasteiger partial charge in [0.05, 0.1) is 11.8 Å². The van der Waals surface area contributed by atoms with Crippen LogP contribution in [0.25, 0.3) is 0 Å². The minimum atomic E-state index is -0.960. The molecule has 18 heavy (non-hydrogen) atoms. The molecule has 0 aromatic heterocycles. The summed E-state index contributed by atoms with van der Waals surface area (Å²) < 4.78 is 0. The first-order chi connectivity index (χ1) is 8.27. The number of carbonyl (C=O) groups excluding carboxylic acids is 4. The third kappa shape index (κ3) is 1.63. The van der Waals surface area contributed by atoms with Crippen LogP contribution in [0.3, 0.4) is 0 Å². The summed E-state index contributed by atoms with van der Waals surface area (Å²) in [4.78, 5) is 48.0. The van der Waals surface area contributed by atoms with E-state index in [-0.39, 0.29) is 30.6 Å². The normalized spacial score (nSPS) is 32.7. The van der Waals surface area contributed by atoms with Gasteiger partial charge in [0.15, 0.2) is 0 Å². The van der Waals surface area contributed by atoms with Crippen molar-refractivity contribution in [2.24, 2.45) is 11.3 Å². The predicted molar refractivity (Wildman–Crippen MR) is 61.0 cm³/mol. The average molecular weight is 252 g/mol. The number of hydrogen-bond donors (Lipinski definition) is 1. The van der Waals surface area contributed by atoms with Gasteiger partial charge in [-0.3, -0.25) is 29.4 Å². The third-order valence-electron chi connectivity index (χ3n) is 4.02. The summed E-state index contributed by atoms with van der Waals surface area (Å²) in [6, 6.07) is -0.960. The lowest BCUT2D eigenvalue weighted by molar-refractivity contribution is -0.148. The minimum absolute atomic E-state index is 0.000819. The second kappa shape index (κ2) is 3.90. The Balaban J connectivity index is 2.31. The van der Waals surface area contributed by atoms with E-state index < -0.39 is 23.3 Å². The molecule has 2 aliphatic rings. The van der Waals surface area contributed by atoms with Crippen LogP contribution < -0.4 is 5.32 Å². The van der Waals surface area contributed by atoms with Gasteiger partial charge in [-0.15, -0.1) is 0 Å². The molecule has 2 heterocycles. The van der Waals surface area contributed by atoms with E-state index >= 15 is 0 Å². The number of hydrogen-bond acceptors (Lipinski definition) is 4. The zero-order chi connectivity index (χ0) is 13.7. The fraction of sp³-hybridized carbons (Fsp3) is 0.667. The second-order valence-electron chi connectivity index (χ2n) is 5.45. The summed E-state index contributed by atoms with van der Waals surface area (Å²) >= 11 is 0. The molecule has 2 saturated heterocycles. The first-order valence-electron chi connectivity index (χ1n) is 5.97. The van der Waals surface area contributed by atoms with E-state index in [1.165, 1.54) is 0 Å². The van der Waals surface area contributed by atoms with Crippen molar-refractivity contribution < 1.29 is 19.2 Å². The molecule has 0 bridgehead atoms. The van der Waals surface area contributed by atoms with Crippen molar-refractivity contribution in [1.82, 2.24) is 10.2 Å². The molecule has 0 aliphatic carbocycles. The predicted octanol–water partition coefficient (Wildman–Crippen LogP) is -0.177. The van der Waals surface area contributed by atoms with Crippen LogP contribution in [0.5, 0.6) is 0 Å². The van der Waals surface area contributed by atoms with Crippen LogP contribution >= 0.6 is 0 Å². The molecule has 1 N–H and O–H groups in total. The summed E-state index contributed by atoms with van der Waals surface area (Å²) in [7, 11) is 0. The van der Waals surface area contributed by atoms with E-state index in [0.717, 1.165) is 4.90 Å². The van der Waals surface area contributed by atoms with E-state index in [1.807, 2.05) is 13.8 Å². The molecule has 98 valence electrons. The first-order valence-corrected chi connectivity index (χ1v) is 5.97. The van der Waals surface area contributed by atoms with Crippen molar-refractivity contribution in [3.63, 3.8) is 0 Å². The molecule has 6 heteroatoms. The van der Waals surface area contributed by atoms with E-state index in [0.29, 0.717) is 0 Å². The lowest BCUT2D eigenvalue weighted by atomic mass is 9.78. The summed E-state index contributed by atoms with van der Waals surface area (Å²) in [5.41, 5.74) is -0.775. The van der Waals surface area contributed by atoms with E-state index in [4.69, 9.17) is 0 Å². The maximum Gasteiger partial charge on any atom is 0.250 e. The van der Waals surface area contributed by atoms with Gasteiger partial charge in [-0.2, -0.15) is 0 Å². The lowest BCUT2D eigenvalue weighted by Crippen LogP contribution is -2.46. The molecule has 0 spiro atoms. The standard InChI is InChI=1S/C12H16N2O4/c1-6(2)12(3)5-9(16)14(11(12)18)7-4-8(15)13-10(7)17/h6-7H,4-5H2,1-3H3,(H,13,15,17). The summed E-state index contributed by atoms with van der Waals surface area (Å²) in [5, 5.41) is 2.12. The molecule has 2 atom stereocenters. The molecule has 4 amide bonds. The van der Waals surface area contributed by atoms with Crippen LogP contribution in [0.15, 0.2) is 0 Å². The fourth-order valence-corrected chi connectivity index (χ4v) is 2.38. The van der Waals surface area contributed by atoms with Crippen LogP contribution in [0, 0.1) is 11.3 Å². The number of rotatable bonds is 2.